The van der Waals surface area contributed by atoms with Crippen molar-refractivity contribution in [2.24, 2.45) is 11.8 Å². The van der Waals surface area contributed by atoms with Crippen molar-refractivity contribution >= 4 is 11.8 Å². The Balaban J connectivity index is 1.75. The number of likely N-dealkylation sites (N-methyl/N-ethyl adjacent to an activating group) is 1. The maximum absolute atomic E-state index is 13.4. The van der Waals surface area contributed by atoms with Crippen molar-refractivity contribution in [2.75, 3.05) is 27.2 Å². The third kappa shape index (κ3) is 3.29. The normalized spacial score (nSPS) is 26.8. The molecule has 0 bridgehead atoms. The van der Waals surface area contributed by atoms with Gasteiger partial charge in [0.1, 0.15) is 0 Å². The Morgan fingerprint density at radius 3 is 1.57 bits per heavy atom. The van der Waals surface area contributed by atoms with Crippen molar-refractivity contribution in [3.8, 4) is 0 Å². The first-order valence-corrected chi connectivity index (χ1v) is 10.0. The summed E-state index contributed by atoms with van der Waals surface area (Å²) in [6, 6.07) is 20.2. The van der Waals surface area contributed by atoms with Crippen molar-refractivity contribution < 1.29 is 14.5 Å². The van der Waals surface area contributed by atoms with Gasteiger partial charge in [0.25, 0.3) is 0 Å². The average molecular weight is 375 g/mol. The monoisotopic (exact) mass is 375 g/mol. The molecule has 1 heterocycles. The molecule has 28 heavy (non-hydrogen) atoms. The van der Waals surface area contributed by atoms with Crippen molar-refractivity contribution in [3.63, 3.8) is 0 Å². The van der Waals surface area contributed by atoms with Gasteiger partial charge in [0.05, 0.1) is 39.0 Å². The molecule has 2 aliphatic rings. The molecule has 1 aliphatic heterocycles. The zero-order valence-corrected chi connectivity index (χ0v) is 16.4. The van der Waals surface area contributed by atoms with E-state index in [1.165, 1.54) is 9.80 Å². The number of amides is 2. The van der Waals surface area contributed by atoms with E-state index in [1.807, 2.05) is 50.5 Å². The van der Waals surface area contributed by atoms with Gasteiger partial charge in [0, 0.05) is 11.8 Å². The van der Waals surface area contributed by atoms with E-state index in [4.69, 9.17) is 0 Å². The summed E-state index contributed by atoms with van der Waals surface area (Å²) in [5.41, 5.74) is 2.20. The Labute approximate surface area is 166 Å². The van der Waals surface area contributed by atoms with E-state index < -0.39 is 0 Å². The highest BCUT2D eigenvalue weighted by molar-refractivity contribution is 6.06. The van der Waals surface area contributed by atoms with Gasteiger partial charge < -0.3 is 4.90 Å². The zero-order valence-electron chi connectivity index (χ0n) is 16.4. The number of nitrogens with one attached hydrogen (secondary N) is 1. The van der Waals surface area contributed by atoms with Gasteiger partial charge in [0.15, 0.2) is 0 Å². The maximum Gasteiger partial charge on any atom is 0.234 e. The lowest BCUT2D eigenvalue weighted by Crippen LogP contribution is -3.06. The molecule has 4 atom stereocenters. The second-order valence-electron chi connectivity index (χ2n) is 8.09. The van der Waals surface area contributed by atoms with Gasteiger partial charge in [-0.3, -0.25) is 14.5 Å². The quantitative estimate of drug-likeness (QED) is 0.640. The van der Waals surface area contributed by atoms with E-state index in [0.29, 0.717) is 6.54 Å². The molecule has 0 saturated carbocycles. The molecule has 1 fully saturated rings. The van der Waals surface area contributed by atoms with Crippen LogP contribution in [0.2, 0.25) is 0 Å². The van der Waals surface area contributed by atoms with Gasteiger partial charge in [-0.1, -0.05) is 72.8 Å². The Morgan fingerprint density at radius 2 is 1.18 bits per heavy atom. The van der Waals surface area contributed by atoms with Crippen LogP contribution in [0.25, 0.3) is 0 Å². The SMILES string of the molecule is C[NH+](C)CCN1C(=O)[C@@H]2[C@H](C1=O)[C@@H](c1ccccc1)C=C[C@H]2c1ccccc1. The lowest BCUT2D eigenvalue weighted by Gasteiger charge is -2.32. The van der Waals surface area contributed by atoms with Crippen LogP contribution in [0, 0.1) is 11.8 Å². The molecule has 1 saturated heterocycles. The van der Waals surface area contributed by atoms with Crippen LogP contribution < -0.4 is 4.90 Å². The molecule has 2 amide bonds. The van der Waals surface area contributed by atoms with Gasteiger partial charge in [-0.15, -0.1) is 0 Å². The lowest BCUT2D eigenvalue weighted by molar-refractivity contribution is -0.857. The smallest absolute Gasteiger partial charge is 0.234 e. The minimum absolute atomic E-state index is 0.0182. The number of likely N-dealkylation sites (tertiary alicyclic amines) is 1. The highest BCUT2D eigenvalue weighted by atomic mass is 16.2. The van der Waals surface area contributed by atoms with Gasteiger partial charge in [-0.2, -0.15) is 0 Å². The molecule has 1 aliphatic carbocycles. The summed E-state index contributed by atoms with van der Waals surface area (Å²) < 4.78 is 0. The minimum atomic E-state index is -0.331. The van der Waals surface area contributed by atoms with Crippen molar-refractivity contribution in [3.05, 3.63) is 83.9 Å². The van der Waals surface area contributed by atoms with Crippen molar-refractivity contribution in [1.82, 2.24) is 4.90 Å². The number of carbonyl (C=O) groups is 2. The Morgan fingerprint density at radius 1 is 0.750 bits per heavy atom. The fraction of sp³-hybridized carbons (Fsp3) is 0.333. The van der Waals surface area contributed by atoms with Gasteiger partial charge in [-0.25, -0.2) is 0 Å². The van der Waals surface area contributed by atoms with Gasteiger partial charge >= 0.3 is 0 Å². The first-order valence-electron chi connectivity index (χ1n) is 10.0. The fourth-order valence-corrected chi connectivity index (χ4v) is 4.55. The molecular formula is C24H27N2O2+. The second kappa shape index (κ2) is 7.72. The number of nitrogens with zero attached hydrogens (tertiary/aromatic N) is 1. The number of hydrogen-bond donors (Lipinski definition) is 1. The molecule has 2 aromatic carbocycles. The summed E-state index contributed by atoms with van der Waals surface area (Å²) in [7, 11) is 4.08. The molecule has 0 unspecified atom stereocenters. The molecule has 4 rings (SSSR count). The number of imide groups is 1. The third-order valence-electron chi connectivity index (χ3n) is 5.99. The summed E-state index contributed by atoms with van der Waals surface area (Å²) in [5.74, 6) is -0.811. The van der Waals surface area contributed by atoms with Crippen molar-refractivity contribution in [2.45, 2.75) is 11.8 Å². The topological polar surface area (TPSA) is 41.8 Å². The van der Waals surface area contributed by atoms with Gasteiger partial charge in [-0.05, 0) is 11.1 Å². The highest BCUT2D eigenvalue weighted by Gasteiger charge is 2.54. The van der Waals surface area contributed by atoms with Crippen LogP contribution in [-0.4, -0.2) is 43.9 Å². The van der Waals surface area contributed by atoms with E-state index in [0.717, 1.165) is 17.7 Å². The summed E-state index contributed by atoms with van der Waals surface area (Å²) in [6.45, 7) is 1.24. The van der Waals surface area contributed by atoms with Crippen LogP contribution in [-0.2, 0) is 9.59 Å². The first kappa shape index (κ1) is 18.6. The van der Waals surface area contributed by atoms with Crippen LogP contribution in [0.4, 0.5) is 0 Å². The second-order valence-corrected chi connectivity index (χ2v) is 8.09. The number of carbonyl (C=O) groups excluding carboxylic acids is 2. The molecule has 4 heteroatoms. The Bertz CT molecular complexity index is 808. The largest absolute Gasteiger partial charge is 0.338 e. The molecule has 1 N–H and O–H groups in total. The standard InChI is InChI=1S/C24H26N2O2/c1-25(2)15-16-26-23(27)21-19(17-9-5-3-6-10-17)13-14-20(22(21)24(26)28)18-11-7-4-8-12-18/h3-14,19-22H,15-16H2,1-2H3/p+1/t19-,20+,21-,22+. The van der Waals surface area contributed by atoms with E-state index in [9.17, 15) is 9.59 Å². The summed E-state index contributed by atoms with van der Waals surface area (Å²) in [5, 5.41) is 0. The van der Waals surface area contributed by atoms with Crippen LogP contribution in [0.3, 0.4) is 0 Å². The van der Waals surface area contributed by atoms with Crippen LogP contribution >= 0.6 is 0 Å². The zero-order chi connectivity index (χ0) is 19.7. The molecule has 0 radical (unpaired) electrons. The maximum atomic E-state index is 13.4. The number of hydrogen-bond acceptors (Lipinski definition) is 2. The van der Waals surface area contributed by atoms with E-state index in [2.05, 4.69) is 36.4 Å². The predicted octanol–water partition coefficient (Wildman–Crippen LogP) is 1.87. The van der Waals surface area contributed by atoms with E-state index in [-0.39, 0.29) is 35.5 Å². The number of rotatable bonds is 5. The molecule has 0 spiro atoms. The summed E-state index contributed by atoms with van der Waals surface area (Å²) in [4.78, 5) is 29.5. The highest BCUT2D eigenvalue weighted by Crippen LogP contribution is 2.49. The number of benzene rings is 2. The van der Waals surface area contributed by atoms with Crippen LogP contribution in [0.1, 0.15) is 23.0 Å². The molecular weight excluding hydrogens is 348 g/mol. The predicted molar refractivity (Wildman–Crippen MR) is 109 cm³/mol. The Kier molecular flexibility index (Phi) is 5.14. The summed E-state index contributed by atoms with van der Waals surface area (Å²) >= 11 is 0. The van der Waals surface area contributed by atoms with Gasteiger partial charge in [0.2, 0.25) is 11.8 Å². The summed E-state index contributed by atoms with van der Waals surface area (Å²) in [6.07, 6.45) is 4.28. The van der Waals surface area contributed by atoms with Crippen molar-refractivity contribution in [1.29, 1.82) is 0 Å². The minimum Gasteiger partial charge on any atom is -0.338 e. The molecule has 144 valence electrons. The van der Waals surface area contributed by atoms with Crippen LogP contribution in [0.5, 0.6) is 0 Å². The lowest BCUT2D eigenvalue weighted by atomic mass is 9.68. The number of fused-ring (bicyclic) bond motifs is 1. The average Bonchev–Trinajstić information content (AvgIpc) is 2.98. The molecule has 4 nitrogen and oxygen atoms in total. The van der Waals surface area contributed by atoms with E-state index >= 15 is 0 Å². The number of quaternary nitrogens is 1. The van der Waals surface area contributed by atoms with E-state index in [1.54, 1.807) is 0 Å². The first-order chi connectivity index (χ1) is 13.6. The third-order valence-corrected chi connectivity index (χ3v) is 5.99. The fourth-order valence-electron chi connectivity index (χ4n) is 4.55. The van der Waals surface area contributed by atoms with Crippen LogP contribution in [0.15, 0.2) is 72.8 Å². The Hall–Kier alpha value is -2.72. The number of allylic oxidation sites excluding steroid dienone is 2. The molecule has 2 aromatic rings. The molecule has 0 aromatic heterocycles.